The normalized spacial score (nSPS) is 18.5. The van der Waals surface area contributed by atoms with Crippen molar-refractivity contribution in [3.8, 4) is 5.75 Å². The Bertz CT molecular complexity index is 481. The number of hydrogen-bond donors (Lipinski definition) is 1. The molecule has 17 heavy (non-hydrogen) atoms. The number of carboxylic acids is 1. The van der Waals surface area contributed by atoms with Crippen LogP contribution in [0, 0.1) is 6.92 Å². The van der Waals surface area contributed by atoms with Gasteiger partial charge in [0.15, 0.2) is 0 Å². The molecule has 1 unspecified atom stereocenters. The first-order chi connectivity index (χ1) is 8.11. The Morgan fingerprint density at radius 2 is 2.35 bits per heavy atom. The van der Waals surface area contributed by atoms with Gasteiger partial charge in [-0.05, 0) is 36.2 Å². The van der Waals surface area contributed by atoms with Gasteiger partial charge in [-0.25, -0.2) is 4.79 Å². The van der Waals surface area contributed by atoms with E-state index in [-0.39, 0.29) is 0 Å². The smallest absolute Gasteiger partial charge is 0.348 e. The van der Waals surface area contributed by atoms with Gasteiger partial charge < -0.3 is 14.7 Å². The number of ether oxygens (including phenoxy) is 1. The molecule has 0 aromatic heterocycles. The molecule has 0 amide bonds. The first kappa shape index (κ1) is 11.4. The monoisotopic (exact) mass is 235 g/mol. The van der Waals surface area contributed by atoms with Gasteiger partial charge >= 0.3 is 5.97 Å². The molecule has 5 nitrogen and oxygen atoms in total. The van der Waals surface area contributed by atoms with E-state index >= 15 is 0 Å². The van der Waals surface area contributed by atoms with E-state index in [1.165, 1.54) is 0 Å². The molecule has 1 N–H and O–H groups in total. The van der Waals surface area contributed by atoms with Crippen LogP contribution in [0.5, 0.6) is 5.75 Å². The Hall–Kier alpha value is -2.04. The minimum atomic E-state index is -0.992. The maximum atomic E-state index is 10.7. The molecule has 0 aliphatic carbocycles. The Balaban J connectivity index is 2.20. The fourth-order valence-corrected chi connectivity index (χ4v) is 1.74. The van der Waals surface area contributed by atoms with Gasteiger partial charge in [0, 0.05) is 6.42 Å². The van der Waals surface area contributed by atoms with Crippen molar-refractivity contribution >= 4 is 11.7 Å². The van der Waals surface area contributed by atoms with Crippen molar-refractivity contribution in [2.24, 2.45) is 5.16 Å². The van der Waals surface area contributed by atoms with Crippen LogP contribution in [0.4, 0.5) is 0 Å². The molecule has 0 saturated heterocycles. The van der Waals surface area contributed by atoms with Crippen LogP contribution in [-0.2, 0) is 9.63 Å². The summed E-state index contributed by atoms with van der Waals surface area (Å²) in [5, 5.41) is 12.6. The number of hydrogen-bond acceptors (Lipinski definition) is 4. The van der Waals surface area contributed by atoms with Gasteiger partial charge in [0.2, 0.25) is 6.10 Å². The average Bonchev–Trinajstić information content (AvgIpc) is 2.78. The number of methoxy groups -OCH3 is 1. The second-order valence-corrected chi connectivity index (χ2v) is 3.86. The molecule has 5 heteroatoms. The van der Waals surface area contributed by atoms with E-state index in [1.54, 1.807) is 7.11 Å². The largest absolute Gasteiger partial charge is 0.496 e. The molecule has 2 rings (SSSR count). The highest BCUT2D eigenvalue weighted by Gasteiger charge is 2.28. The number of carbonyl (C=O) groups is 1. The summed E-state index contributed by atoms with van der Waals surface area (Å²) in [6, 6.07) is 5.59. The average molecular weight is 235 g/mol. The standard InChI is InChI=1S/C12H13NO4/c1-7-5-8(3-4-10(7)16-2)9-6-11(12(14)15)17-13-9/h3-5,11H,6H2,1-2H3,(H,14,15). The lowest BCUT2D eigenvalue weighted by atomic mass is 10.0. The Morgan fingerprint density at radius 3 is 2.88 bits per heavy atom. The molecule has 1 aromatic rings. The summed E-state index contributed by atoms with van der Waals surface area (Å²) < 4.78 is 5.16. The highest BCUT2D eigenvalue weighted by molar-refractivity contribution is 6.03. The number of nitrogens with zero attached hydrogens (tertiary/aromatic N) is 1. The van der Waals surface area contributed by atoms with Crippen LogP contribution in [0.1, 0.15) is 17.5 Å². The lowest BCUT2D eigenvalue weighted by Crippen LogP contribution is -2.19. The highest BCUT2D eigenvalue weighted by atomic mass is 16.7. The first-order valence-electron chi connectivity index (χ1n) is 5.22. The lowest BCUT2D eigenvalue weighted by molar-refractivity contribution is -0.148. The van der Waals surface area contributed by atoms with Crippen molar-refractivity contribution in [1.82, 2.24) is 0 Å². The molecule has 1 atom stereocenters. The fourth-order valence-electron chi connectivity index (χ4n) is 1.74. The van der Waals surface area contributed by atoms with E-state index in [1.807, 2.05) is 25.1 Å². The highest BCUT2D eigenvalue weighted by Crippen LogP contribution is 2.22. The minimum Gasteiger partial charge on any atom is -0.496 e. The SMILES string of the molecule is COc1ccc(C2=NOC(C(=O)O)C2)cc1C. The fraction of sp³-hybridized carbons (Fsp3) is 0.333. The van der Waals surface area contributed by atoms with Crippen LogP contribution in [0.15, 0.2) is 23.4 Å². The molecule has 0 bridgehead atoms. The molecule has 90 valence electrons. The molecule has 0 fully saturated rings. The molecule has 1 aliphatic rings. The number of aliphatic carboxylic acids is 1. The van der Waals surface area contributed by atoms with Crippen LogP contribution in [0.2, 0.25) is 0 Å². The van der Waals surface area contributed by atoms with Crippen LogP contribution in [0.25, 0.3) is 0 Å². The Morgan fingerprint density at radius 1 is 1.59 bits per heavy atom. The maximum Gasteiger partial charge on any atom is 0.348 e. The summed E-state index contributed by atoms with van der Waals surface area (Å²) in [5.41, 5.74) is 2.50. The molecule has 0 saturated carbocycles. The molecule has 1 heterocycles. The van der Waals surface area contributed by atoms with Crippen LogP contribution in [0.3, 0.4) is 0 Å². The second-order valence-electron chi connectivity index (χ2n) is 3.86. The third-order valence-corrected chi connectivity index (χ3v) is 2.67. The van der Waals surface area contributed by atoms with Crippen molar-refractivity contribution in [3.63, 3.8) is 0 Å². The van der Waals surface area contributed by atoms with Crippen molar-refractivity contribution in [3.05, 3.63) is 29.3 Å². The predicted molar refractivity (Wildman–Crippen MR) is 61.4 cm³/mol. The molecule has 1 aliphatic heterocycles. The van der Waals surface area contributed by atoms with Crippen LogP contribution < -0.4 is 4.74 Å². The van der Waals surface area contributed by atoms with Gasteiger partial charge in [0.05, 0.1) is 12.8 Å². The maximum absolute atomic E-state index is 10.7. The summed E-state index contributed by atoms with van der Waals surface area (Å²) in [7, 11) is 1.61. The van der Waals surface area contributed by atoms with Crippen molar-refractivity contribution < 1.29 is 19.5 Å². The molecule has 0 spiro atoms. The van der Waals surface area contributed by atoms with Crippen molar-refractivity contribution in [2.45, 2.75) is 19.4 Å². The number of carboxylic acid groups (broad SMARTS) is 1. The summed E-state index contributed by atoms with van der Waals surface area (Å²) >= 11 is 0. The second kappa shape index (κ2) is 4.45. The molecular formula is C12H13NO4. The van der Waals surface area contributed by atoms with E-state index in [2.05, 4.69) is 5.16 Å². The van der Waals surface area contributed by atoms with E-state index in [4.69, 9.17) is 14.7 Å². The zero-order valence-corrected chi connectivity index (χ0v) is 9.64. The van der Waals surface area contributed by atoms with E-state index in [0.29, 0.717) is 12.1 Å². The Kier molecular flexibility index (Phi) is 2.99. The quantitative estimate of drug-likeness (QED) is 0.863. The number of rotatable bonds is 3. The van der Waals surface area contributed by atoms with Gasteiger partial charge in [-0.3, -0.25) is 0 Å². The van der Waals surface area contributed by atoms with E-state index in [0.717, 1.165) is 16.9 Å². The number of oxime groups is 1. The van der Waals surface area contributed by atoms with Crippen LogP contribution in [-0.4, -0.2) is 30.0 Å². The van der Waals surface area contributed by atoms with Gasteiger partial charge in [0.1, 0.15) is 5.75 Å². The van der Waals surface area contributed by atoms with Crippen molar-refractivity contribution in [1.29, 1.82) is 0 Å². The molecule has 0 radical (unpaired) electrons. The summed E-state index contributed by atoms with van der Waals surface area (Å²) in [5.74, 6) is -0.197. The van der Waals surface area contributed by atoms with E-state index in [9.17, 15) is 4.79 Å². The van der Waals surface area contributed by atoms with Gasteiger partial charge in [-0.1, -0.05) is 5.16 Å². The minimum absolute atomic E-state index is 0.293. The number of aryl methyl sites for hydroxylation is 1. The van der Waals surface area contributed by atoms with E-state index < -0.39 is 12.1 Å². The van der Waals surface area contributed by atoms with Crippen LogP contribution >= 0.6 is 0 Å². The third-order valence-electron chi connectivity index (χ3n) is 2.67. The summed E-state index contributed by atoms with van der Waals surface area (Å²) in [4.78, 5) is 15.6. The molecular weight excluding hydrogens is 222 g/mol. The third kappa shape index (κ3) is 2.22. The molecule has 1 aromatic carbocycles. The van der Waals surface area contributed by atoms with Gasteiger partial charge in [0.25, 0.3) is 0 Å². The Labute approximate surface area is 98.6 Å². The zero-order chi connectivity index (χ0) is 12.4. The topological polar surface area (TPSA) is 68.1 Å². The summed E-state index contributed by atoms with van der Waals surface area (Å²) in [6.45, 7) is 1.92. The van der Waals surface area contributed by atoms with Crippen molar-refractivity contribution in [2.75, 3.05) is 7.11 Å². The first-order valence-corrected chi connectivity index (χ1v) is 5.22. The lowest BCUT2D eigenvalue weighted by Gasteiger charge is -2.06. The van der Waals surface area contributed by atoms with Gasteiger partial charge in [-0.2, -0.15) is 0 Å². The zero-order valence-electron chi connectivity index (χ0n) is 9.64. The predicted octanol–water partition coefficient (Wildman–Crippen LogP) is 1.58. The van der Waals surface area contributed by atoms with Gasteiger partial charge in [-0.15, -0.1) is 0 Å². The summed E-state index contributed by atoms with van der Waals surface area (Å²) in [6.07, 6.45) is -0.575. The number of benzene rings is 1.